The van der Waals surface area contributed by atoms with Gasteiger partial charge in [0.1, 0.15) is 18.4 Å². The van der Waals surface area contributed by atoms with E-state index in [9.17, 15) is 19.2 Å². The number of methoxy groups -OCH3 is 1. The van der Waals surface area contributed by atoms with Crippen LogP contribution in [0, 0.1) is 22.7 Å². The number of carboxylic acid groups (broad SMARTS) is 1. The molecule has 3 aromatic rings. The van der Waals surface area contributed by atoms with Gasteiger partial charge in [0.2, 0.25) is 24.1 Å². The number of primary amides is 1. The second kappa shape index (κ2) is 24.7. The lowest BCUT2D eigenvalue weighted by Gasteiger charge is -2.31. The number of rotatable bonds is 12. The molecule has 6 aliphatic rings. The number of anilines is 2. The molecular formula is C61H88N6O8. The number of fused-ring (bicyclic) bond motifs is 2. The van der Waals surface area contributed by atoms with Gasteiger partial charge in [0.25, 0.3) is 6.47 Å². The molecule has 75 heavy (non-hydrogen) atoms. The Kier molecular flexibility index (Phi) is 19.4. The first-order valence-electron chi connectivity index (χ1n) is 27.5. The minimum absolute atomic E-state index is 0.0340. The zero-order chi connectivity index (χ0) is 55.0. The maximum Gasteiger partial charge on any atom is 0.290 e. The Morgan fingerprint density at radius 1 is 0.707 bits per heavy atom. The minimum Gasteiger partial charge on any atom is -0.483 e. The van der Waals surface area contributed by atoms with Crippen molar-refractivity contribution < 1.29 is 38.6 Å². The molecule has 410 valence electrons. The minimum atomic E-state index is -0.486. The van der Waals surface area contributed by atoms with E-state index in [0.29, 0.717) is 12.0 Å². The Morgan fingerprint density at radius 3 is 1.52 bits per heavy atom. The van der Waals surface area contributed by atoms with Crippen molar-refractivity contribution in [3.63, 3.8) is 0 Å². The average Bonchev–Trinajstić information content (AvgIpc) is 4.24. The quantitative estimate of drug-likeness (QED) is 0.109. The van der Waals surface area contributed by atoms with Crippen molar-refractivity contribution in [2.45, 2.75) is 180 Å². The number of carbonyl (C=O) groups excluding carboxylic acids is 5. The monoisotopic (exact) mass is 1030 g/mol. The van der Waals surface area contributed by atoms with Gasteiger partial charge in [-0.25, -0.2) is 0 Å². The van der Waals surface area contributed by atoms with Gasteiger partial charge in [-0.1, -0.05) is 105 Å². The van der Waals surface area contributed by atoms with Crippen LogP contribution in [-0.4, -0.2) is 110 Å². The van der Waals surface area contributed by atoms with Crippen LogP contribution >= 0.6 is 0 Å². The van der Waals surface area contributed by atoms with Crippen LogP contribution in [-0.2, 0) is 57.2 Å². The van der Waals surface area contributed by atoms with Crippen LogP contribution in [0.2, 0.25) is 0 Å². The summed E-state index contributed by atoms with van der Waals surface area (Å²) in [5.41, 5.74) is 16.8. The topological polar surface area (TPSA) is 200 Å². The predicted octanol–water partition coefficient (Wildman–Crippen LogP) is 9.67. The summed E-state index contributed by atoms with van der Waals surface area (Å²) in [4.78, 5) is 73.6. The van der Waals surface area contributed by atoms with Crippen molar-refractivity contribution >= 4 is 48.3 Å². The molecule has 2 spiro atoms. The Labute approximate surface area is 447 Å². The van der Waals surface area contributed by atoms with Crippen molar-refractivity contribution in [2.75, 3.05) is 44.9 Å². The molecular weight excluding hydrogens is 945 g/mol. The Bertz CT molecular complexity index is 2520. The van der Waals surface area contributed by atoms with Gasteiger partial charge in [-0.15, -0.1) is 0 Å². The fourth-order valence-electron chi connectivity index (χ4n) is 14.0. The number of amides is 4. The van der Waals surface area contributed by atoms with E-state index < -0.39 is 6.04 Å². The van der Waals surface area contributed by atoms with Crippen molar-refractivity contribution in [2.24, 2.45) is 28.4 Å². The first kappa shape index (κ1) is 58.8. The van der Waals surface area contributed by atoms with Gasteiger partial charge >= 0.3 is 0 Å². The van der Waals surface area contributed by atoms with Crippen LogP contribution in [0.3, 0.4) is 0 Å². The number of carbonyl (C=O) groups is 6. The molecule has 0 bridgehead atoms. The Hall–Kier alpha value is -5.44. The van der Waals surface area contributed by atoms with E-state index in [1.807, 2.05) is 31.9 Å². The van der Waals surface area contributed by atoms with Gasteiger partial charge < -0.3 is 41.2 Å². The number of likely N-dealkylation sites (tertiary alicyclic amines) is 2. The lowest BCUT2D eigenvalue weighted by atomic mass is 9.73. The highest BCUT2D eigenvalue weighted by molar-refractivity contribution is 6.00. The van der Waals surface area contributed by atoms with Gasteiger partial charge in [0.15, 0.2) is 0 Å². The van der Waals surface area contributed by atoms with Crippen molar-refractivity contribution in [3.05, 3.63) is 70.8 Å². The fourth-order valence-corrected chi connectivity index (χ4v) is 14.0. The summed E-state index contributed by atoms with van der Waals surface area (Å²) in [6, 6.07) is 16.3. The third kappa shape index (κ3) is 12.7. The van der Waals surface area contributed by atoms with Gasteiger partial charge in [-0.2, -0.15) is 0 Å². The third-order valence-corrected chi connectivity index (χ3v) is 17.7. The zero-order valence-electron chi connectivity index (χ0n) is 46.9. The molecule has 2 saturated heterocycles. The number of benzene rings is 3. The predicted molar refractivity (Wildman–Crippen MR) is 299 cm³/mol. The SMILES string of the molecule is CNC(C(=O)N1CC2(CCCC2)CC1C(=O)Nc1cccc(-c2c3c(c(-c4cccc(NC(=O)C5CC6(CCCC6)CN5C)c4)c4c2C(C)(C)CC4)C(C)(C)CC3)c1)C(C)C.COC(C=O)C(C)C.NC=O.O=CO. The number of nitrogens with two attached hydrogens (primary N) is 1. The molecule has 2 saturated carbocycles. The van der Waals surface area contributed by atoms with E-state index in [1.165, 1.54) is 77.5 Å². The zero-order valence-corrected chi connectivity index (χ0v) is 46.9. The molecule has 4 unspecified atom stereocenters. The lowest BCUT2D eigenvalue weighted by molar-refractivity contribution is -0.139. The number of likely N-dealkylation sites (N-methyl/N-ethyl adjacent to an activating group) is 2. The second-order valence-electron chi connectivity index (χ2n) is 24.4. The lowest BCUT2D eigenvalue weighted by Crippen LogP contribution is -2.52. The molecule has 6 N–H and O–H groups in total. The molecule has 4 amide bonds. The maximum absolute atomic E-state index is 14.5. The van der Waals surface area contributed by atoms with Crippen LogP contribution in [0.25, 0.3) is 22.3 Å². The average molecular weight is 1030 g/mol. The van der Waals surface area contributed by atoms with Crippen LogP contribution in [0.4, 0.5) is 11.4 Å². The van der Waals surface area contributed by atoms with Crippen LogP contribution in [0.1, 0.15) is 155 Å². The van der Waals surface area contributed by atoms with E-state index in [2.05, 4.69) is 118 Å². The molecule has 2 aliphatic heterocycles. The number of hydrogen-bond donors (Lipinski definition) is 5. The summed E-state index contributed by atoms with van der Waals surface area (Å²) in [5.74, 6) is 0.491. The summed E-state index contributed by atoms with van der Waals surface area (Å²) >= 11 is 0. The van der Waals surface area contributed by atoms with Crippen LogP contribution in [0.15, 0.2) is 48.5 Å². The van der Waals surface area contributed by atoms with E-state index >= 15 is 0 Å². The summed E-state index contributed by atoms with van der Waals surface area (Å²) in [6.07, 6.45) is 16.2. The van der Waals surface area contributed by atoms with Crippen molar-refractivity contribution in [1.82, 2.24) is 15.1 Å². The molecule has 14 nitrogen and oxygen atoms in total. The number of nitrogens with one attached hydrogen (secondary N) is 3. The van der Waals surface area contributed by atoms with Crippen LogP contribution < -0.4 is 21.7 Å². The molecule has 4 fully saturated rings. The molecule has 3 aromatic carbocycles. The maximum atomic E-state index is 14.5. The van der Waals surface area contributed by atoms with Crippen molar-refractivity contribution in [3.8, 4) is 22.3 Å². The highest BCUT2D eigenvalue weighted by atomic mass is 16.5. The molecule has 14 heteroatoms. The highest BCUT2D eigenvalue weighted by Gasteiger charge is 2.51. The summed E-state index contributed by atoms with van der Waals surface area (Å²) in [5, 5.41) is 16.9. The summed E-state index contributed by atoms with van der Waals surface area (Å²) in [6.45, 7) is 19.1. The van der Waals surface area contributed by atoms with E-state index in [1.54, 1.807) is 7.11 Å². The highest BCUT2D eigenvalue weighted by Crippen LogP contribution is 2.57. The van der Waals surface area contributed by atoms with E-state index in [0.717, 1.165) is 81.1 Å². The molecule has 4 aliphatic carbocycles. The molecule has 0 radical (unpaired) electrons. The largest absolute Gasteiger partial charge is 0.483 e. The van der Waals surface area contributed by atoms with Gasteiger partial charge in [0.05, 0.1) is 12.1 Å². The Balaban J connectivity index is 0.000000582. The summed E-state index contributed by atoms with van der Waals surface area (Å²) < 4.78 is 4.79. The third-order valence-electron chi connectivity index (χ3n) is 17.7. The fraction of sp³-hybridized carbons (Fsp3) is 0.607. The van der Waals surface area contributed by atoms with Gasteiger partial charge in [-0.3, -0.25) is 28.9 Å². The van der Waals surface area contributed by atoms with E-state index in [-0.39, 0.29) is 76.9 Å². The van der Waals surface area contributed by atoms with Crippen LogP contribution in [0.5, 0.6) is 0 Å². The normalized spacial score (nSPS) is 22.0. The first-order valence-corrected chi connectivity index (χ1v) is 27.5. The molecule has 0 aromatic heterocycles. The smallest absolute Gasteiger partial charge is 0.290 e. The summed E-state index contributed by atoms with van der Waals surface area (Å²) in [7, 11) is 5.52. The number of hydrogen-bond acceptors (Lipinski definition) is 9. The van der Waals surface area contributed by atoms with Gasteiger partial charge in [-0.05, 0) is 181 Å². The van der Waals surface area contributed by atoms with Gasteiger partial charge in [0, 0.05) is 31.6 Å². The molecule has 4 atom stereocenters. The van der Waals surface area contributed by atoms with E-state index in [4.69, 9.17) is 19.4 Å². The Morgan fingerprint density at radius 2 is 1.13 bits per heavy atom. The standard InChI is InChI=1S/C53H71N5O3.C6H12O2.CH3NO.CH2O2/c1-33(2)46(54-7)49(61)58-32-53(23-11-12-24-53)30-41(58)48(60)56-37-18-14-16-35(28-37)43-39-20-26-50(3,4)44(39)42(38-19-25-51(5,6)45(38)43)34-15-13-17-36(27-34)55-47(59)40-29-52(31-57(40)8)21-9-10-22-52;1-5(2)6(4-7)8-3;2*2-1-3/h13-18,27-28,33,40-41,46,54H,9-12,19-26,29-32H2,1-8H3,(H,55,59)(H,56,60);4-6H,1-3H3;1H,(H2,2,3);1H,(H,2,3). The van der Waals surface area contributed by atoms with Crippen molar-refractivity contribution in [1.29, 1.82) is 0 Å². The first-order chi connectivity index (χ1) is 35.6. The molecule has 9 rings (SSSR count). The second-order valence-corrected chi connectivity index (χ2v) is 24.4. The number of ether oxygens (including phenoxy) is 1. The molecule has 2 heterocycles. The number of nitrogens with zero attached hydrogens (tertiary/aromatic N) is 2. The number of aldehydes is 1.